The van der Waals surface area contributed by atoms with E-state index >= 15 is 0 Å². The van der Waals surface area contributed by atoms with Gasteiger partial charge < -0.3 is 9.15 Å². The molecule has 0 aliphatic rings. The molecule has 0 bridgehead atoms. The van der Waals surface area contributed by atoms with Crippen LogP contribution in [0, 0.1) is 0 Å². The predicted molar refractivity (Wildman–Crippen MR) is 71.9 cm³/mol. The predicted octanol–water partition coefficient (Wildman–Crippen LogP) is 2.77. The first-order valence-electron chi connectivity index (χ1n) is 5.73. The molecule has 1 heterocycles. The van der Waals surface area contributed by atoms with Gasteiger partial charge in [0.1, 0.15) is 23.2 Å². The van der Waals surface area contributed by atoms with Crippen molar-refractivity contribution in [3.8, 4) is 5.75 Å². The number of fused-ring (bicyclic) bond motifs is 2. The Hall–Kier alpha value is -2.62. The molecular weight excluding hydrogens is 244 g/mol. The topological polar surface area (TPSA) is 56.5 Å². The number of ether oxygens (including phenoxy) is 1. The largest absolute Gasteiger partial charge is 0.497 e. The van der Waals surface area contributed by atoms with Crippen LogP contribution in [0.15, 0.2) is 45.6 Å². The fourth-order valence-electron chi connectivity index (χ4n) is 2.05. The number of benzene rings is 2. The second-order valence-electron chi connectivity index (χ2n) is 4.17. The summed E-state index contributed by atoms with van der Waals surface area (Å²) >= 11 is 0. The van der Waals surface area contributed by atoms with Crippen molar-refractivity contribution in [2.24, 2.45) is 0 Å². The zero-order chi connectivity index (χ0) is 13.4. The minimum absolute atomic E-state index is 0.168. The van der Waals surface area contributed by atoms with E-state index in [1.54, 1.807) is 30.3 Å². The molecule has 0 saturated carbocycles. The zero-order valence-electron chi connectivity index (χ0n) is 10.2. The molecular formula is C15H10O4. The SMILES string of the molecule is COc1ccc2oc3ccc(C=O)cc3c(=O)c2c1. The highest BCUT2D eigenvalue weighted by Gasteiger charge is 2.09. The van der Waals surface area contributed by atoms with Crippen molar-refractivity contribution >= 4 is 28.2 Å². The third kappa shape index (κ3) is 1.78. The molecule has 0 N–H and O–H groups in total. The smallest absolute Gasteiger partial charge is 0.200 e. The van der Waals surface area contributed by atoms with Gasteiger partial charge in [-0.25, -0.2) is 0 Å². The van der Waals surface area contributed by atoms with E-state index in [1.807, 2.05) is 0 Å². The molecule has 0 saturated heterocycles. The molecule has 0 aliphatic carbocycles. The Kier molecular flexibility index (Phi) is 2.56. The molecule has 1 aromatic heterocycles. The van der Waals surface area contributed by atoms with Crippen molar-refractivity contribution in [1.82, 2.24) is 0 Å². The fourth-order valence-corrected chi connectivity index (χ4v) is 2.05. The molecule has 94 valence electrons. The van der Waals surface area contributed by atoms with Crippen molar-refractivity contribution in [1.29, 1.82) is 0 Å². The van der Waals surface area contributed by atoms with Gasteiger partial charge in [-0.3, -0.25) is 9.59 Å². The zero-order valence-corrected chi connectivity index (χ0v) is 10.2. The summed E-state index contributed by atoms with van der Waals surface area (Å²) < 4.78 is 10.8. The van der Waals surface area contributed by atoms with Crippen LogP contribution < -0.4 is 10.2 Å². The van der Waals surface area contributed by atoms with Gasteiger partial charge in [0.05, 0.1) is 17.9 Å². The lowest BCUT2D eigenvalue weighted by molar-refractivity contribution is 0.112. The summed E-state index contributed by atoms with van der Waals surface area (Å²) in [6.07, 6.45) is 0.703. The van der Waals surface area contributed by atoms with E-state index < -0.39 is 0 Å². The minimum Gasteiger partial charge on any atom is -0.497 e. The molecule has 0 aliphatic heterocycles. The summed E-state index contributed by atoms with van der Waals surface area (Å²) in [5.74, 6) is 0.589. The lowest BCUT2D eigenvalue weighted by atomic mass is 10.1. The monoisotopic (exact) mass is 254 g/mol. The average Bonchev–Trinajstić information content (AvgIpc) is 2.47. The molecule has 0 unspecified atom stereocenters. The van der Waals surface area contributed by atoms with Crippen LogP contribution >= 0.6 is 0 Å². The van der Waals surface area contributed by atoms with Crippen LogP contribution in [0.5, 0.6) is 5.75 Å². The molecule has 3 aromatic rings. The molecule has 2 aromatic carbocycles. The van der Waals surface area contributed by atoms with E-state index in [0.29, 0.717) is 39.5 Å². The highest BCUT2D eigenvalue weighted by molar-refractivity contribution is 5.93. The van der Waals surface area contributed by atoms with Crippen LogP contribution in [0.4, 0.5) is 0 Å². The van der Waals surface area contributed by atoms with Crippen LogP contribution in [0.1, 0.15) is 10.4 Å². The van der Waals surface area contributed by atoms with Gasteiger partial charge >= 0.3 is 0 Å². The molecule has 4 nitrogen and oxygen atoms in total. The summed E-state index contributed by atoms with van der Waals surface area (Å²) in [7, 11) is 1.54. The summed E-state index contributed by atoms with van der Waals surface area (Å²) in [5.41, 5.74) is 1.24. The Balaban J connectivity index is 2.46. The molecule has 0 spiro atoms. The molecule has 19 heavy (non-hydrogen) atoms. The lowest BCUT2D eigenvalue weighted by Crippen LogP contribution is -2.03. The van der Waals surface area contributed by atoms with Crippen molar-refractivity contribution in [3.63, 3.8) is 0 Å². The van der Waals surface area contributed by atoms with Gasteiger partial charge in [0.25, 0.3) is 0 Å². The number of methoxy groups -OCH3 is 1. The quantitative estimate of drug-likeness (QED) is 0.521. The molecule has 0 atom stereocenters. The van der Waals surface area contributed by atoms with E-state index in [1.165, 1.54) is 13.2 Å². The molecule has 0 radical (unpaired) electrons. The number of hydrogen-bond donors (Lipinski definition) is 0. The number of hydrogen-bond acceptors (Lipinski definition) is 4. The highest BCUT2D eigenvalue weighted by Crippen LogP contribution is 2.22. The number of carbonyl (C=O) groups excluding carboxylic acids is 1. The molecule has 4 heteroatoms. The van der Waals surface area contributed by atoms with E-state index in [2.05, 4.69) is 0 Å². The summed E-state index contributed by atoms with van der Waals surface area (Å²) in [4.78, 5) is 23.2. The normalized spacial score (nSPS) is 10.8. The van der Waals surface area contributed by atoms with Crippen LogP contribution in [0.2, 0.25) is 0 Å². The standard InChI is InChI=1S/C15H10O4/c1-18-10-3-5-14-12(7-10)15(17)11-6-9(8-16)2-4-13(11)19-14/h2-8H,1H3. The van der Waals surface area contributed by atoms with Crippen molar-refractivity contribution < 1.29 is 13.9 Å². The minimum atomic E-state index is -0.168. The molecule has 0 fully saturated rings. The number of carbonyl (C=O) groups is 1. The highest BCUT2D eigenvalue weighted by atomic mass is 16.5. The van der Waals surface area contributed by atoms with Crippen molar-refractivity contribution in [2.45, 2.75) is 0 Å². The van der Waals surface area contributed by atoms with E-state index in [4.69, 9.17) is 9.15 Å². The maximum Gasteiger partial charge on any atom is 0.200 e. The van der Waals surface area contributed by atoms with Gasteiger partial charge in [-0.05, 0) is 36.4 Å². The fraction of sp³-hybridized carbons (Fsp3) is 0.0667. The third-order valence-electron chi connectivity index (χ3n) is 3.04. The lowest BCUT2D eigenvalue weighted by Gasteiger charge is -2.04. The Morgan fingerprint density at radius 3 is 2.42 bits per heavy atom. The summed E-state index contributed by atoms with van der Waals surface area (Å²) in [6, 6.07) is 9.85. The van der Waals surface area contributed by atoms with Crippen molar-refractivity contribution in [2.75, 3.05) is 7.11 Å². The first kappa shape index (κ1) is 11.5. The second kappa shape index (κ2) is 4.24. The van der Waals surface area contributed by atoms with Crippen LogP contribution in [0.3, 0.4) is 0 Å². The molecule has 0 amide bonds. The first-order valence-corrected chi connectivity index (χ1v) is 5.73. The second-order valence-corrected chi connectivity index (χ2v) is 4.17. The van der Waals surface area contributed by atoms with E-state index in [0.717, 1.165) is 0 Å². The summed E-state index contributed by atoms with van der Waals surface area (Å²) in [6.45, 7) is 0. The maximum atomic E-state index is 12.4. The van der Waals surface area contributed by atoms with Gasteiger partial charge in [0, 0.05) is 5.56 Å². The summed E-state index contributed by atoms with van der Waals surface area (Å²) in [5, 5.41) is 0.834. The van der Waals surface area contributed by atoms with Gasteiger partial charge in [-0.1, -0.05) is 0 Å². The van der Waals surface area contributed by atoms with E-state index in [9.17, 15) is 9.59 Å². The maximum absolute atomic E-state index is 12.4. The Morgan fingerprint density at radius 2 is 1.74 bits per heavy atom. The van der Waals surface area contributed by atoms with Gasteiger partial charge in [0.2, 0.25) is 5.43 Å². The number of aldehydes is 1. The molecule has 3 rings (SSSR count). The van der Waals surface area contributed by atoms with Crippen molar-refractivity contribution in [3.05, 3.63) is 52.2 Å². The Labute approximate surface area is 108 Å². The van der Waals surface area contributed by atoms with Crippen LogP contribution in [0.25, 0.3) is 21.9 Å². The van der Waals surface area contributed by atoms with Crippen LogP contribution in [-0.2, 0) is 0 Å². The van der Waals surface area contributed by atoms with Gasteiger partial charge in [-0.2, -0.15) is 0 Å². The third-order valence-corrected chi connectivity index (χ3v) is 3.04. The first-order chi connectivity index (χ1) is 9.22. The van der Waals surface area contributed by atoms with Crippen LogP contribution in [-0.4, -0.2) is 13.4 Å². The van der Waals surface area contributed by atoms with Gasteiger partial charge in [0.15, 0.2) is 0 Å². The Bertz CT molecular complexity index is 846. The van der Waals surface area contributed by atoms with E-state index in [-0.39, 0.29) is 5.43 Å². The average molecular weight is 254 g/mol. The number of rotatable bonds is 2. The van der Waals surface area contributed by atoms with Gasteiger partial charge in [-0.15, -0.1) is 0 Å². The Morgan fingerprint density at radius 1 is 1.05 bits per heavy atom.